The third-order valence-electron chi connectivity index (χ3n) is 5.50. The smallest absolute Gasteiger partial charge is 0.0830 e. The maximum atomic E-state index is 5.80. The number of likely N-dealkylation sites (tertiary alicyclic amines) is 1. The highest BCUT2D eigenvalue weighted by molar-refractivity contribution is 5.85. The molecule has 2 aliphatic heterocycles. The van der Waals surface area contributed by atoms with Gasteiger partial charge in [-0.25, -0.2) is 0 Å². The molecule has 0 amide bonds. The summed E-state index contributed by atoms with van der Waals surface area (Å²) in [6, 6.07) is 21.7. The Morgan fingerprint density at radius 2 is 1.22 bits per heavy atom. The number of nitrogens with one attached hydrogen (secondary N) is 1. The van der Waals surface area contributed by atoms with Gasteiger partial charge < -0.3 is 24.3 Å². The number of nitrogens with zero attached hydrogens (tertiary/aromatic N) is 1. The maximum absolute atomic E-state index is 5.80. The number of hydrogen-bond acceptors (Lipinski definition) is 6. The molecule has 0 spiro atoms. The van der Waals surface area contributed by atoms with Crippen LogP contribution in [0.15, 0.2) is 60.7 Å². The van der Waals surface area contributed by atoms with Crippen LogP contribution in [0.4, 0.5) is 0 Å². The van der Waals surface area contributed by atoms with Gasteiger partial charge in [-0.2, -0.15) is 0 Å². The van der Waals surface area contributed by atoms with Crippen LogP contribution in [0.5, 0.6) is 0 Å². The maximum Gasteiger partial charge on any atom is 0.0830 e. The summed E-state index contributed by atoms with van der Waals surface area (Å²) < 4.78 is 21.0. The van der Waals surface area contributed by atoms with Gasteiger partial charge in [-0.05, 0) is 11.1 Å². The average Bonchev–Trinajstić information content (AvgIpc) is 2.75. The second-order valence-corrected chi connectivity index (χ2v) is 7.81. The lowest BCUT2D eigenvalue weighted by molar-refractivity contribution is -0.0773. The van der Waals surface area contributed by atoms with Crippen LogP contribution in [0.1, 0.15) is 17.2 Å². The zero-order chi connectivity index (χ0) is 21.7. The summed E-state index contributed by atoms with van der Waals surface area (Å²) in [5.41, 5.74) is 2.67. The van der Waals surface area contributed by atoms with Crippen molar-refractivity contribution in [1.29, 1.82) is 0 Å². The first-order valence-corrected chi connectivity index (χ1v) is 11.1. The molecular formula is C25H37ClN2O4. The number of ether oxygens (including phenoxy) is 4. The van der Waals surface area contributed by atoms with E-state index in [0.717, 1.165) is 32.8 Å². The molecule has 2 aromatic carbocycles. The predicted molar refractivity (Wildman–Crippen MR) is 130 cm³/mol. The summed E-state index contributed by atoms with van der Waals surface area (Å²) in [5, 5.41) is 3.12. The molecule has 2 saturated heterocycles. The quantitative estimate of drug-likeness (QED) is 0.515. The second-order valence-electron chi connectivity index (χ2n) is 7.81. The largest absolute Gasteiger partial charge is 0.382 e. The zero-order valence-electron chi connectivity index (χ0n) is 19.2. The Balaban J connectivity index is 0.000000307. The molecule has 32 heavy (non-hydrogen) atoms. The van der Waals surface area contributed by atoms with Gasteiger partial charge in [0.25, 0.3) is 0 Å². The molecule has 0 atom stereocenters. The second kappa shape index (κ2) is 15.3. The molecule has 178 valence electrons. The van der Waals surface area contributed by atoms with Crippen molar-refractivity contribution in [2.75, 3.05) is 66.8 Å². The van der Waals surface area contributed by atoms with Crippen molar-refractivity contribution in [2.45, 2.75) is 18.2 Å². The van der Waals surface area contributed by atoms with Crippen LogP contribution in [0.25, 0.3) is 0 Å². The third-order valence-corrected chi connectivity index (χ3v) is 5.50. The summed E-state index contributed by atoms with van der Waals surface area (Å²) in [6.07, 6.45) is 0.769. The Kier molecular flexibility index (Phi) is 12.8. The van der Waals surface area contributed by atoms with Gasteiger partial charge in [0.15, 0.2) is 0 Å². The van der Waals surface area contributed by atoms with E-state index in [-0.39, 0.29) is 12.4 Å². The SMILES string of the molecule is COCCOC1CN(C(c2ccccc2)c2ccccc2)C1.COCCOC1CNC1.Cl. The van der Waals surface area contributed by atoms with Crippen molar-refractivity contribution in [2.24, 2.45) is 0 Å². The number of benzene rings is 2. The molecule has 4 rings (SSSR count). The van der Waals surface area contributed by atoms with Crippen LogP contribution in [-0.4, -0.2) is 83.9 Å². The molecule has 2 heterocycles. The highest BCUT2D eigenvalue weighted by atomic mass is 35.5. The van der Waals surface area contributed by atoms with Crippen molar-refractivity contribution in [1.82, 2.24) is 10.2 Å². The van der Waals surface area contributed by atoms with E-state index in [1.807, 2.05) is 0 Å². The van der Waals surface area contributed by atoms with Gasteiger partial charge in [0.2, 0.25) is 0 Å². The first-order valence-electron chi connectivity index (χ1n) is 11.1. The van der Waals surface area contributed by atoms with Crippen LogP contribution < -0.4 is 5.32 Å². The van der Waals surface area contributed by atoms with Crippen LogP contribution >= 0.6 is 12.4 Å². The molecule has 1 N–H and O–H groups in total. The first-order chi connectivity index (χ1) is 15.3. The zero-order valence-corrected chi connectivity index (χ0v) is 20.0. The average molecular weight is 465 g/mol. The van der Waals surface area contributed by atoms with E-state index >= 15 is 0 Å². The minimum Gasteiger partial charge on any atom is -0.382 e. The van der Waals surface area contributed by atoms with Gasteiger partial charge in [-0.1, -0.05) is 60.7 Å². The number of methoxy groups -OCH3 is 2. The van der Waals surface area contributed by atoms with Crippen molar-refractivity contribution in [3.8, 4) is 0 Å². The predicted octanol–water partition coefficient (Wildman–Crippen LogP) is 3.17. The standard InChI is InChI=1S/C19H23NO2.C6H13NO2.ClH/c1-21-12-13-22-18-14-20(15-18)19(16-8-4-2-5-9-16)17-10-6-3-7-11-17;1-8-2-3-9-6-4-7-5-6;/h2-11,18-19H,12-15H2,1H3;6-7H,2-5H2,1H3;1H. The van der Waals surface area contributed by atoms with E-state index in [1.54, 1.807) is 14.2 Å². The summed E-state index contributed by atoms with van der Waals surface area (Å²) in [6.45, 7) is 6.72. The first kappa shape index (κ1) is 26.7. The van der Waals surface area contributed by atoms with Gasteiger partial charge in [0.1, 0.15) is 0 Å². The highest BCUT2D eigenvalue weighted by Crippen LogP contribution is 2.32. The lowest BCUT2D eigenvalue weighted by Crippen LogP contribution is -2.53. The highest BCUT2D eigenvalue weighted by Gasteiger charge is 2.34. The molecule has 7 heteroatoms. The normalized spacial score (nSPS) is 16.5. The Hall–Kier alpha value is -1.51. The summed E-state index contributed by atoms with van der Waals surface area (Å²) in [4.78, 5) is 2.47. The Labute approximate surface area is 198 Å². The van der Waals surface area contributed by atoms with Gasteiger partial charge in [0.05, 0.1) is 44.7 Å². The van der Waals surface area contributed by atoms with Crippen LogP contribution in [0.3, 0.4) is 0 Å². The molecule has 2 fully saturated rings. The number of hydrogen-bond donors (Lipinski definition) is 1. The lowest BCUT2D eigenvalue weighted by Gasteiger charge is -2.44. The topological polar surface area (TPSA) is 52.2 Å². The molecule has 2 aromatic rings. The van der Waals surface area contributed by atoms with Gasteiger partial charge in [0, 0.05) is 40.4 Å². The fourth-order valence-electron chi connectivity index (χ4n) is 3.65. The third kappa shape index (κ3) is 8.45. The van der Waals surface area contributed by atoms with Crippen LogP contribution in [0.2, 0.25) is 0 Å². The Morgan fingerprint density at radius 3 is 1.62 bits per heavy atom. The van der Waals surface area contributed by atoms with E-state index in [0.29, 0.717) is 38.1 Å². The minimum atomic E-state index is 0. The van der Waals surface area contributed by atoms with Crippen LogP contribution in [0, 0.1) is 0 Å². The molecule has 2 aliphatic rings. The summed E-state index contributed by atoms with van der Waals surface area (Å²) in [7, 11) is 3.39. The lowest BCUT2D eigenvalue weighted by atomic mass is 9.94. The Bertz CT molecular complexity index is 673. The molecule has 0 bridgehead atoms. The van der Waals surface area contributed by atoms with Gasteiger partial charge in [-0.15, -0.1) is 12.4 Å². The fourth-order valence-corrected chi connectivity index (χ4v) is 3.65. The summed E-state index contributed by atoms with van der Waals surface area (Å²) >= 11 is 0. The number of rotatable bonds is 11. The molecule has 0 radical (unpaired) electrons. The molecule has 0 unspecified atom stereocenters. The van der Waals surface area contributed by atoms with E-state index in [9.17, 15) is 0 Å². The van der Waals surface area contributed by atoms with Crippen molar-refractivity contribution in [3.05, 3.63) is 71.8 Å². The molecule has 0 saturated carbocycles. The van der Waals surface area contributed by atoms with E-state index in [4.69, 9.17) is 18.9 Å². The monoisotopic (exact) mass is 464 g/mol. The van der Waals surface area contributed by atoms with E-state index < -0.39 is 0 Å². The van der Waals surface area contributed by atoms with E-state index in [1.165, 1.54) is 11.1 Å². The van der Waals surface area contributed by atoms with Crippen LogP contribution in [-0.2, 0) is 18.9 Å². The molecular weight excluding hydrogens is 428 g/mol. The van der Waals surface area contributed by atoms with Gasteiger partial charge in [-0.3, -0.25) is 4.90 Å². The minimum absolute atomic E-state index is 0. The molecule has 0 aromatic heterocycles. The van der Waals surface area contributed by atoms with Gasteiger partial charge >= 0.3 is 0 Å². The molecule has 6 nitrogen and oxygen atoms in total. The number of halogens is 1. The van der Waals surface area contributed by atoms with Crippen molar-refractivity contribution >= 4 is 12.4 Å². The fraction of sp³-hybridized carbons (Fsp3) is 0.520. The van der Waals surface area contributed by atoms with Crippen molar-refractivity contribution < 1.29 is 18.9 Å². The Morgan fingerprint density at radius 1 is 0.750 bits per heavy atom. The van der Waals surface area contributed by atoms with Crippen molar-refractivity contribution in [3.63, 3.8) is 0 Å². The molecule has 0 aliphatic carbocycles. The summed E-state index contributed by atoms with van der Waals surface area (Å²) in [5.74, 6) is 0. The van der Waals surface area contributed by atoms with E-state index in [2.05, 4.69) is 70.9 Å².